The van der Waals surface area contributed by atoms with Gasteiger partial charge in [-0.15, -0.1) is 0 Å². The Morgan fingerprint density at radius 3 is 2.55 bits per heavy atom. The van der Waals surface area contributed by atoms with Gasteiger partial charge in [0.1, 0.15) is 0 Å². The summed E-state index contributed by atoms with van der Waals surface area (Å²) in [5, 5.41) is -0.274. The van der Waals surface area contributed by atoms with Crippen LogP contribution in [0.15, 0.2) is 23.8 Å². The minimum Gasteiger partial charge on any atom is -0.276 e. The quantitative estimate of drug-likeness (QED) is 0.434. The summed E-state index contributed by atoms with van der Waals surface area (Å²) in [6, 6.07) is 0. The molecular weight excluding hydrogens is 160 g/mol. The van der Waals surface area contributed by atoms with E-state index in [4.69, 9.17) is 11.6 Å². The van der Waals surface area contributed by atoms with Crippen molar-refractivity contribution in [1.82, 2.24) is 0 Å². The minimum absolute atomic E-state index is 0.274. The fraction of sp³-hybridized carbons (Fsp3) is 0.444. The molecule has 3 rings (SSSR count). The highest BCUT2D eigenvalue weighted by Gasteiger charge is 2.27. The predicted molar refractivity (Wildman–Crippen MR) is 44.3 cm³/mol. The molecule has 2 atom stereocenters. The highest BCUT2D eigenvalue weighted by atomic mass is 35.5. The molecule has 0 aromatic carbocycles. The summed E-state index contributed by atoms with van der Waals surface area (Å²) in [5.41, 5.74) is 0.811. The third-order valence-corrected chi connectivity index (χ3v) is 2.64. The van der Waals surface area contributed by atoms with Gasteiger partial charge in [0, 0.05) is 11.5 Å². The smallest absolute Gasteiger partial charge is 0.248 e. The normalized spacial score (nSPS) is 33.7. The molecule has 2 bridgehead atoms. The van der Waals surface area contributed by atoms with Crippen LogP contribution < -0.4 is 0 Å². The maximum Gasteiger partial charge on any atom is 0.248 e. The molecule has 0 radical (unpaired) electrons. The molecule has 0 saturated carbocycles. The second-order valence-corrected chi connectivity index (χ2v) is 3.47. The first-order chi connectivity index (χ1) is 5.27. The number of fused-ring (bicyclic) bond motifs is 1. The Morgan fingerprint density at radius 1 is 1.45 bits per heavy atom. The van der Waals surface area contributed by atoms with Crippen molar-refractivity contribution < 1.29 is 4.79 Å². The first kappa shape index (κ1) is 7.11. The lowest BCUT2D eigenvalue weighted by molar-refractivity contribution is -0.109. The lowest BCUT2D eigenvalue weighted by atomic mass is 9.77. The van der Waals surface area contributed by atoms with Gasteiger partial charge in [0.15, 0.2) is 0 Å². The SMILES string of the molecule is O=C(Cl)C1=CC2C=CC1CC2. The summed E-state index contributed by atoms with van der Waals surface area (Å²) in [5.74, 6) is 0.780. The monoisotopic (exact) mass is 168 g/mol. The lowest BCUT2D eigenvalue weighted by Gasteiger charge is -2.28. The lowest BCUT2D eigenvalue weighted by Crippen LogP contribution is -2.19. The molecule has 0 heterocycles. The van der Waals surface area contributed by atoms with Crippen molar-refractivity contribution in [2.24, 2.45) is 11.8 Å². The van der Waals surface area contributed by atoms with Crippen LogP contribution in [-0.2, 0) is 4.79 Å². The van der Waals surface area contributed by atoms with E-state index in [1.54, 1.807) is 0 Å². The van der Waals surface area contributed by atoms with Gasteiger partial charge in [0.05, 0.1) is 0 Å². The molecular formula is C9H9ClO. The Labute approximate surface area is 70.7 Å². The standard InChI is InChI=1S/C9H9ClO/c10-9(11)8-5-6-1-3-7(8)4-2-6/h1,3,5-7H,2,4H2. The zero-order valence-corrected chi connectivity index (χ0v) is 6.84. The summed E-state index contributed by atoms with van der Waals surface area (Å²) in [6.45, 7) is 0. The van der Waals surface area contributed by atoms with Crippen LogP contribution in [0.5, 0.6) is 0 Å². The van der Waals surface area contributed by atoms with Crippen LogP contribution in [-0.4, -0.2) is 5.24 Å². The van der Waals surface area contributed by atoms with Crippen molar-refractivity contribution in [2.75, 3.05) is 0 Å². The molecule has 2 unspecified atom stereocenters. The first-order valence-corrected chi connectivity index (χ1v) is 4.25. The molecule has 2 heteroatoms. The molecule has 0 aromatic heterocycles. The maximum atomic E-state index is 10.9. The van der Waals surface area contributed by atoms with Crippen LogP contribution in [0.25, 0.3) is 0 Å². The number of allylic oxidation sites excluding steroid dienone is 4. The van der Waals surface area contributed by atoms with E-state index in [1.807, 2.05) is 6.08 Å². The topological polar surface area (TPSA) is 17.1 Å². The predicted octanol–water partition coefficient (Wildman–Crippen LogP) is 2.27. The Balaban J connectivity index is 2.31. The Bertz CT molecular complexity index is 252. The van der Waals surface area contributed by atoms with Crippen molar-refractivity contribution in [3.05, 3.63) is 23.8 Å². The van der Waals surface area contributed by atoms with E-state index in [9.17, 15) is 4.79 Å². The van der Waals surface area contributed by atoms with Crippen molar-refractivity contribution in [2.45, 2.75) is 12.8 Å². The number of hydrogen-bond donors (Lipinski definition) is 0. The number of hydrogen-bond acceptors (Lipinski definition) is 1. The first-order valence-electron chi connectivity index (χ1n) is 3.87. The van der Waals surface area contributed by atoms with E-state index < -0.39 is 0 Å². The second kappa shape index (κ2) is 2.49. The fourth-order valence-electron chi connectivity index (χ4n) is 1.80. The van der Waals surface area contributed by atoms with Crippen LogP contribution in [0.2, 0.25) is 0 Å². The molecule has 3 aliphatic carbocycles. The number of carbonyl (C=O) groups is 1. The summed E-state index contributed by atoms with van der Waals surface area (Å²) in [6.07, 6.45) is 8.53. The van der Waals surface area contributed by atoms with Crippen molar-refractivity contribution >= 4 is 16.8 Å². The zero-order chi connectivity index (χ0) is 7.84. The van der Waals surface area contributed by atoms with Gasteiger partial charge >= 0.3 is 0 Å². The third-order valence-electron chi connectivity index (χ3n) is 2.42. The zero-order valence-electron chi connectivity index (χ0n) is 6.09. The van der Waals surface area contributed by atoms with Gasteiger partial charge in [0.25, 0.3) is 0 Å². The molecule has 0 aromatic rings. The van der Waals surface area contributed by atoms with E-state index in [-0.39, 0.29) is 5.24 Å². The molecule has 0 saturated heterocycles. The third kappa shape index (κ3) is 1.14. The highest BCUT2D eigenvalue weighted by Crippen LogP contribution is 2.36. The molecule has 0 amide bonds. The summed E-state index contributed by atoms with van der Waals surface area (Å²) >= 11 is 5.41. The Morgan fingerprint density at radius 2 is 2.27 bits per heavy atom. The van der Waals surface area contributed by atoms with Crippen LogP contribution in [0.3, 0.4) is 0 Å². The average molecular weight is 169 g/mol. The van der Waals surface area contributed by atoms with Crippen molar-refractivity contribution in [3.63, 3.8) is 0 Å². The van der Waals surface area contributed by atoms with Crippen molar-refractivity contribution in [1.29, 1.82) is 0 Å². The van der Waals surface area contributed by atoms with Crippen molar-refractivity contribution in [3.8, 4) is 0 Å². The summed E-state index contributed by atoms with van der Waals surface area (Å²) < 4.78 is 0. The average Bonchev–Trinajstić information content (AvgIpc) is 2.06. The minimum atomic E-state index is -0.274. The van der Waals surface area contributed by atoms with Gasteiger partial charge < -0.3 is 0 Å². The van der Waals surface area contributed by atoms with E-state index in [2.05, 4.69) is 12.2 Å². The van der Waals surface area contributed by atoms with E-state index >= 15 is 0 Å². The molecule has 0 aliphatic heterocycles. The molecule has 0 N–H and O–H groups in total. The highest BCUT2D eigenvalue weighted by molar-refractivity contribution is 6.67. The Kier molecular flexibility index (Phi) is 1.61. The van der Waals surface area contributed by atoms with Gasteiger partial charge in [-0.25, -0.2) is 0 Å². The largest absolute Gasteiger partial charge is 0.276 e. The van der Waals surface area contributed by atoms with Gasteiger partial charge in [-0.3, -0.25) is 4.79 Å². The summed E-state index contributed by atoms with van der Waals surface area (Å²) in [4.78, 5) is 10.9. The van der Waals surface area contributed by atoms with Crippen LogP contribution in [0.4, 0.5) is 0 Å². The van der Waals surface area contributed by atoms with E-state index in [1.165, 1.54) is 6.42 Å². The number of halogens is 1. The number of carbonyl (C=O) groups excluding carboxylic acids is 1. The van der Waals surface area contributed by atoms with Crippen LogP contribution >= 0.6 is 11.6 Å². The van der Waals surface area contributed by atoms with Crippen LogP contribution in [0.1, 0.15) is 12.8 Å². The van der Waals surface area contributed by atoms with E-state index in [0.717, 1.165) is 12.0 Å². The maximum absolute atomic E-state index is 10.9. The molecule has 11 heavy (non-hydrogen) atoms. The van der Waals surface area contributed by atoms with Gasteiger partial charge in [-0.1, -0.05) is 18.2 Å². The molecule has 0 fully saturated rings. The van der Waals surface area contributed by atoms with Gasteiger partial charge in [0.2, 0.25) is 5.24 Å². The number of rotatable bonds is 1. The molecule has 1 nitrogen and oxygen atoms in total. The fourth-order valence-corrected chi connectivity index (χ4v) is 2.01. The van der Waals surface area contributed by atoms with Gasteiger partial charge in [-0.05, 0) is 30.4 Å². The second-order valence-electron chi connectivity index (χ2n) is 3.13. The van der Waals surface area contributed by atoms with E-state index in [0.29, 0.717) is 11.8 Å². The Hall–Kier alpha value is -0.560. The van der Waals surface area contributed by atoms with Crippen LogP contribution in [0, 0.1) is 11.8 Å². The molecule has 58 valence electrons. The summed E-state index contributed by atoms with van der Waals surface area (Å²) in [7, 11) is 0. The molecule has 0 spiro atoms. The molecule has 3 aliphatic rings. The van der Waals surface area contributed by atoms with Gasteiger partial charge in [-0.2, -0.15) is 0 Å².